The fourth-order valence-electron chi connectivity index (χ4n) is 1.49. The van der Waals surface area contributed by atoms with Gasteiger partial charge in [-0.1, -0.05) is 43.7 Å². The van der Waals surface area contributed by atoms with E-state index in [1.54, 1.807) is 0 Å². The highest BCUT2D eigenvalue weighted by molar-refractivity contribution is 5.19. The predicted octanol–water partition coefficient (Wildman–Crippen LogP) is 2.59. The van der Waals surface area contributed by atoms with E-state index in [1.165, 1.54) is 0 Å². The maximum atomic E-state index is 5.54. The van der Waals surface area contributed by atoms with Crippen molar-refractivity contribution >= 4 is 0 Å². The van der Waals surface area contributed by atoms with Crippen LogP contribution in [-0.4, -0.2) is 19.8 Å². The molecule has 0 aliphatic carbocycles. The van der Waals surface area contributed by atoms with Gasteiger partial charge in [0, 0.05) is 12.2 Å². The zero-order chi connectivity index (χ0) is 12.0. The first-order valence-corrected chi connectivity index (χ1v) is 6.01. The zero-order valence-electron chi connectivity index (χ0n) is 10.1. The van der Waals surface area contributed by atoms with Gasteiger partial charge < -0.3 is 9.47 Å². The first kappa shape index (κ1) is 12.5. The third-order valence-corrected chi connectivity index (χ3v) is 2.52. The molecule has 2 rings (SSSR count). The number of hydrogen-bond acceptors (Lipinski definition) is 4. The van der Waals surface area contributed by atoms with Crippen LogP contribution in [0.4, 0.5) is 0 Å². The summed E-state index contributed by atoms with van der Waals surface area (Å²) in [4.78, 5) is 9.86. The Hall–Kier alpha value is -0.940. The van der Waals surface area contributed by atoms with Crippen molar-refractivity contribution in [3.05, 3.63) is 35.9 Å². The van der Waals surface area contributed by atoms with Crippen molar-refractivity contribution in [1.82, 2.24) is 0 Å². The van der Waals surface area contributed by atoms with Crippen LogP contribution in [0.3, 0.4) is 0 Å². The SMILES string of the molecule is CCCCOCCOC1(c2ccccc2)OO1. The zero-order valence-corrected chi connectivity index (χ0v) is 10.1. The number of ether oxygens (including phenoxy) is 2. The Morgan fingerprint density at radius 1 is 1.06 bits per heavy atom. The summed E-state index contributed by atoms with van der Waals surface area (Å²) >= 11 is 0. The van der Waals surface area contributed by atoms with E-state index in [-0.39, 0.29) is 0 Å². The normalized spacial score (nSPS) is 17.0. The summed E-state index contributed by atoms with van der Waals surface area (Å²) in [6.45, 7) is 3.93. The monoisotopic (exact) mass is 238 g/mol. The topological polar surface area (TPSA) is 43.5 Å². The van der Waals surface area contributed by atoms with Gasteiger partial charge in [0.1, 0.15) is 0 Å². The molecule has 0 N–H and O–H groups in total. The third kappa shape index (κ3) is 3.51. The summed E-state index contributed by atoms with van der Waals surface area (Å²) in [6, 6.07) is 9.59. The molecule has 0 unspecified atom stereocenters. The van der Waals surface area contributed by atoms with E-state index in [1.807, 2.05) is 30.3 Å². The summed E-state index contributed by atoms with van der Waals surface area (Å²) in [5.74, 6) is -0.991. The van der Waals surface area contributed by atoms with Gasteiger partial charge in [-0.25, -0.2) is 0 Å². The van der Waals surface area contributed by atoms with Crippen LogP contribution in [0.2, 0.25) is 0 Å². The van der Waals surface area contributed by atoms with Crippen molar-refractivity contribution < 1.29 is 19.2 Å². The van der Waals surface area contributed by atoms with Crippen LogP contribution in [-0.2, 0) is 25.2 Å². The van der Waals surface area contributed by atoms with Crippen molar-refractivity contribution in [2.24, 2.45) is 0 Å². The molecule has 0 saturated carbocycles. The summed E-state index contributed by atoms with van der Waals surface area (Å²) in [5, 5.41) is 0. The molecule has 1 aliphatic heterocycles. The highest BCUT2D eigenvalue weighted by Crippen LogP contribution is 2.41. The quantitative estimate of drug-likeness (QED) is 0.396. The molecule has 4 heteroatoms. The second-order valence-electron chi connectivity index (χ2n) is 3.90. The molecule has 1 aliphatic rings. The molecule has 0 spiro atoms. The molecule has 1 fully saturated rings. The molecule has 1 saturated heterocycles. The number of unbranched alkanes of at least 4 members (excludes halogenated alkanes) is 1. The molecule has 0 amide bonds. The number of rotatable bonds is 8. The minimum absolute atomic E-state index is 0.457. The molecule has 1 aromatic rings. The molecule has 94 valence electrons. The molecular formula is C13H18O4. The number of hydrogen-bond donors (Lipinski definition) is 0. The van der Waals surface area contributed by atoms with Gasteiger partial charge >= 0.3 is 5.97 Å². The Kier molecular flexibility index (Phi) is 4.50. The van der Waals surface area contributed by atoms with Crippen molar-refractivity contribution in [2.45, 2.75) is 25.7 Å². The molecule has 0 radical (unpaired) electrons. The molecule has 1 aromatic carbocycles. The lowest BCUT2D eigenvalue weighted by Gasteiger charge is -2.09. The lowest BCUT2D eigenvalue weighted by atomic mass is 10.2. The minimum Gasteiger partial charge on any atom is -0.379 e. The molecule has 0 atom stereocenters. The summed E-state index contributed by atoms with van der Waals surface area (Å²) in [5.41, 5.74) is 0.869. The Bertz CT molecular complexity index is 321. The van der Waals surface area contributed by atoms with Gasteiger partial charge in [0.15, 0.2) is 0 Å². The average molecular weight is 238 g/mol. The molecular weight excluding hydrogens is 220 g/mol. The highest BCUT2D eigenvalue weighted by Gasteiger charge is 2.52. The van der Waals surface area contributed by atoms with Crippen molar-refractivity contribution in [3.8, 4) is 0 Å². The van der Waals surface area contributed by atoms with E-state index in [9.17, 15) is 0 Å². The fourth-order valence-corrected chi connectivity index (χ4v) is 1.49. The largest absolute Gasteiger partial charge is 0.379 e. The van der Waals surface area contributed by atoms with E-state index in [0.717, 1.165) is 25.0 Å². The van der Waals surface area contributed by atoms with Crippen LogP contribution in [0.15, 0.2) is 30.3 Å². The molecule has 0 bridgehead atoms. The fraction of sp³-hybridized carbons (Fsp3) is 0.538. The smallest absolute Gasteiger partial charge is 0.367 e. The van der Waals surface area contributed by atoms with Gasteiger partial charge in [0.2, 0.25) is 0 Å². The van der Waals surface area contributed by atoms with Gasteiger partial charge in [0.05, 0.1) is 13.2 Å². The Morgan fingerprint density at radius 2 is 1.82 bits per heavy atom. The third-order valence-electron chi connectivity index (χ3n) is 2.52. The van der Waals surface area contributed by atoms with Crippen molar-refractivity contribution in [1.29, 1.82) is 0 Å². The van der Waals surface area contributed by atoms with E-state index in [2.05, 4.69) is 6.92 Å². The molecule has 1 heterocycles. The molecule has 0 aromatic heterocycles. The Morgan fingerprint density at radius 3 is 2.47 bits per heavy atom. The van der Waals surface area contributed by atoms with Crippen LogP contribution >= 0.6 is 0 Å². The van der Waals surface area contributed by atoms with Crippen LogP contribution in [0, 0.1) is 0 Å². The standard InChI is InChI=1S/C13H18O4/c1-2-3-9-14-10-11-15-13(16-17-13)12-7-5-4-6-8-12/h4-8H,2-3,9-11H2,1H3. The Labute approximate surface area is 101 Å². The molecule has 4 nitrogen and oxygen atoms in total. The molecule has 17 heavy (non-hydrogen) atoms. The first-order chi connectivity index (χ1) is 8.37. The van der Waals surface area contributed by atoms with Crippen LogP contribution in [0.5, 0.6) is 0 Å². The van der Waals surface area contributed by atoms with E-state index >= 15 is 0 Å². The van der Waals surface area contributed by atoms with Crippen LogP contribution < -0.4 is 0 Å². The maximum Gasteiger partial charge on any atom is 0.367 e. The van der Waals surface area contributed by atoms with Crippen LogP contribution in [0.25, 0.3) is 0 Å². The summed E-state index contributed by atoms with van der Waals surface area (Å²) in [7, 11) is 0. The van der Waals surface area contributed by atoms with Crippen molar-refractivity contribution in [2.75, 3.05) is 19.8 Å². The second kappa shape index (κ2) is 6.12. The summed E-state index contributed by atoms with van der Waals surface area (Å²) < 4.78 is 10.9. The van der Waals surface area contributed by atoms with E-state index < -0.39 is 5.97 Å². The van der Waals surface area contributed by atoms with Crippen LogP contribution in [0.1, 0.15) is 25.3 Å². The predicted molar refractivity (Wildman–Crippen MR) is 62.0 cm³/mol. The van der Waals surface area contributed by atoms with Crippen molar-refractivity contribution in [3.63, 3.8) is 0 Å². The van der Waals surface area contributed by atoms with Gasteiger partial charge in [0.25, 0.3) is 0 Å². The van der Waals surface area contributed by atoms with Gasteiger partial charge in [-0.05, 0) is 6.42 Å². The van der Waals surface area contributed by atoms with Gasteiger partial charge in [-0.2, -0.15) is 9.78 Å². The lowest BCUT2D eigenvalue weighted by Crippen LogP contribution is -2.17. The van der Waals surface area contributed by atoms with E-state index in [0.29, 0.717) is 13.2 Å². The minimum atomic E-state index is -0.991. The second-order valence-corrected chi connectivity index (χ2v) is 3.90. The summed E-state index contributed by atoms with van der Waals surface area (Å²) in [6.07, 6.45) is 2.22. The van der Waals surface area contributed by atoms with E-state index in [4.69, 9.17) is 19.2 Å². The average Bonchev–Trinajstić information content (AvgIpc) is 3.16. The van der Waals surface area contributed by atoms with Gasteiger partial charge in [-0.3, -0.25) is 0 Å². The maximum absolute atomic E-state index is 5.54. The highest BCUT2D eigenvalue weighted by atomic mass is 17.4. The number of benzene rings is 1. The first-order valence-electron chi connectivity index (χ1n) is 6.01. The Balaban J connectivity index is 1.69. The lowest BCUT2D eigenvalue weighted by molar-refractivity contribution is -0.0806. The van der Waals surface area contributed by atoms with Gasteiger partial charge in [-0.15, -0.1) is 0 Å².